The Morgan fingerprint density at radius 2 is 1.74 bits per heavy atom. The van der Waals surface area contributed by atoms with Crippen molar-refractivity contribution < 1.29 is 19.1 Å². The van der Waals surface area contributed by atoms with Crippen LogP contribution < -0.4 is 15.0 Å². The molecule has 0 radical (unpaired) electrons. The summed E-state index contributed by atoms with van der Waals surface area (Å²) in [6.07, 6.45) is 5.17. The SMILES string of the molecule is C.CCCCCNC(=O)CN(CC(=O)N(C)N1Cc2ccccc2C1)c1cc2c(cc1OC)CCCC2=O. The third kappa shape index (κ3) is 6.72. The van der Waals surface area contributed by atoms with E-state index in [0.29, 0.717) is 43.1 Å². The number of carbonyl (C=O) groups is 3. The van der Waals surface area contributed by atoms with Crippen LogP contribution in [0.25, 0.3) is 0 Å². The summed E-state index contributed by atoms with van der Waals surface area (Å²) >= 11 is 0. The highest BCUT2D eigenvalue weighted by atomic mass is 16.5. The van der Waals surface area contributed by atoms with E-state index in [-0.39, 0.29) is 38.1 Å². The molecule has 1 heterocycles. The molecule has 206 valence electrons. The normalized spacial score (nSPS) is 14.2. The molecule has 8 nitrogen and oxygen atoms in total. The summed E-state index contributed by atoms with van der Waals surface area (Å²) in [6, 6.07) is 11.9. The number of rotatable bonds is 11. The largest absolute Gasteiger partial charge is 0.495 e. The van der Waals surface area contributed by atoms with Gasteiger partial charge in [0.1, 0.15) is 5.75 Å². The van der Waals surface area contributed by atoms with Crippen LogP contribution in [0.1, 0.15) is 73.5 Å². The van der Waals surface area contributed by atoms with Gasteiger partial charge in [0.15, 0.2) is 5.78 Å². The molecule has 38 heavy (non-hydrogen) atoms. The smallest absolute Gasteiger partial charge is 0.256 e. The van der Waals surface area contributed by atoms with Gasteiger partial charge in [-0.25, -0.2) is 5.01 Å². The summed E-state index contributed by atoms with van der Waals surface area (Å²) in [4.78, 5) is 40.8. The Balaban J connectivity index is 0.00000400. The molecule has 1 aliphatic heterocycles. The molecule has 2 amide bonds. The molecule has 4 rings (SSSR count). The number of hydrogen-bond acceptors (Lipinski definition) is 6. The molecule has 0 unspecified atom stereocenters. The summed E-state index contributed by atoms with van der Waals surface area (Å²) in [5.74, 6) is 0.354. The van der Waals surface area contributed by atoms with Crippen molar-refractivity contribution in [3.8, 4) is 5.75 Å². The number of nitrogens with one attached hydrogen (secondary N) is 1. The maximum atomic E-state index is 13.5. The van der Waals surface area contributed by atoms with Crippen molar-refractivity contribution in [1.29, 1.82) is 0 Å². The van der Waals surface area contributed by atoms with Gasteiger partial charge in [-0.1, -0.05) is 51.5 Å². The second kappa shape index (κ2) is 13.4. The third-order valence-corrected chi connectivity index (χ3v) is 7.27. The van der Waals surface area contributed by atoms with Crippen LogP contribution in [-0.4, -0.2) is 61.4 Å². The average molecular weight is 523 g/mol. The van der Waals surface area contributed by atoms with E-state index >= 15 is 0 Å². The first-order valence-corrected chi connectivity index (χ1v) is 13.2. The van der Waals surface area contributed by atoms with Gasteiger partial charge in [0.05, 0.1) is 25.9 Å². The fourth-order valence-electron chi connectivity index (χ4n) is 5.07. The van der Waals surface area contributed by atoms with E-state index in [1.807, 2.05) is 23.2 Å². The predicted molar refractivity (Wildman–Crippen MR) is 150 cm³/mol. The molecule has 1 N–H and O–H groups in total. The van der Waals surface area contributed by atoms with Crippen molar-refractivity contribution in [2.24, 2.45) is 0 Å². The number of methoxy groups -OCH3 is 1. The molecule has 0 saturated heterocycles. The first-order chi connectivity index (χ1) is 17.9. The first kappa shape index (κ1) is 29.2. The van der Waals surface area contributed by atoms with Crippen LogP contribution in [0.4, 0.5) is 5.69 Å². The van der Waals surface area contributed by atoms with Crippen LogP contribution in [0.15, 0.2) is 36.4 Å². The number of nitrogens with zero attached hydrogens (tertiary/aromatic N) is 3. The van der Waals surface area contributed by atoms with Gasteiger partial charge in [-0.3, -0.25) is 19.4 Å². The number of ketones is 1. The summed E-state index contributed by atoms with van der Waals surface area (Å²) in [5.41, 5.74) is 4.62. The quantitative estimate of drug-likeness (QED) is 0.442. The van der Waals surface area contributed by atoms with Gasteiger partial charge >= 0.3 is 0 Å². The molecule has 2 aliphatic rings. The molecule has 0 bridgehead atoms. The Morgan fingerprint density at radius 3 is 2.39 bits per heavy atom. The van der Waals surface area contributed by atoms with E-state index < -0.39 is 0 Å². The summed E-state index contributed by atoms with van der Waals surface area (Å²) < 4.78 is 5.69. The van der Waals surface area contributed by atoms with Gasteiger partial charge in [-0.2, -0.15) is 0 Å². The maximum absolute atomic E-state index is 13.5. The van der Waals surface area contributed by atoms with Crippen LogP contribution in [0.3, 0.4) is 0 Å². The maximum Gasteiger partial charge on any atom is 0.256 e. The Kier molecular flexibility index (Phi) is 10.3. The van der Waals surface area contributed by atoms with E-state index in [0.717, 1.165) is 37.7 Å². The number of hydrazine groups is 1. The molecule has 0 saturated carbocycles. The standard InChI is InChI=1S/C29H38N4O4.CH4/c1-4-5-8-14-30-28(35)19-32(25-16-24-21(15-27(25)37-3)12-9-13-26(24)34)20-29(36)31(2)33-17-22-10-6-7-11-23(22)18-33;/h6-7,10-11,15-16H,4-5,8-9,12-14,17-20H2,1-3H3,(H,30,35);1H4. The molecular formula is C30H42N4O4. The van der Waals surface area contributed by atoms with Crippen LogP contribution >= 0.6 is 0 Å². The molecule has 2 aromatic rings. The lowest BCUT2D eigenvalue weighted by Crippen LogP contribution is -2.48. The Bertz CT molecular complexity index is 1120. The number of Topliss-reactive ketones (excluding diaryl/α,β-unsaturated/α-hetero) is 1. The molecule has 1 aliphatic carbocycles. The number of anilines is 1. The third-order valence-electron chi connectivity index (χ3n) is 7.27. The molecule has 0 atom stereocenters. The van der Waals surface area contributed by atoms with Crippen LogP contribution in [0.5, 0.6) is 5.75 Å². The van der Waals surface area contributed by atoms with Gasteiger partial charge in [-0.15, -0.1) is 0 Å². The van der Waals surface area contributed by atoms with Crippen molar-refractivity contribution in [2.45, 2.75) is 66.0 Å². The van der Waals surface area contributed by atoms with Gasteiger partial charge in [-0.05, 0) is 48.1 Å². The lowest BCUT2D eigenvalue weighted by atomic mass is 9.90. The predicted octanol–water partition coefficient (Wildman–Crippen LogP) is 4.35. The zero-order valence-electron chi connectivity index (χ0n) is 22.2. The zero-order chi connectivity index (χ0) is 26.4. The van der Waals surface area contributed by atoms with Crippen LogP contribution in [0.2, 0.25) is 0 Å². The number of likely N-dealkylation sites (N-methyl/N-ethyl adjacent to an activating group) is 1. The Morgan fingerprint density at radius 1 is 1.03 bits per heavy atom. The minimum atomic E-state index is -0.161. The summed E-state index contributed by atoms with van der Waals surface area (Å²) in [5, 5.41) is 6.62. The highest BCUT2D eigenvalue weighted by molar-refractivity contribution is 6.00. The van der Waals surface area contributed by atoms with Crippen molar-refractivity contribution in [1.82, 2.24) is 15.3 Å². The second-order valence-corrected chi connectivity index (χ2v) is 9.88. The Hall–Kier alpha value is -3.39. The number of carbonyl (C=O) groups excluding carboxylic acids is 3. The van der Waals surface area contributed by atoms with Crippen molar-refractivity contribution >= 4 is 23.3 Å². The van der Waals surface area contributed by atoms with Crippen molar-refractivity contribution in [3.63, 3.8) is 0 Å². The molecule has 0 fully saturated rings. The molecule has 0 aromatic heterocycles. The van der Waals surface area contributed by atoms with E-state index in [9.17, 15) is 14.4 Å². The lowest BCUT2D eigenvalue weighted by Gasteiger charge is -2.32. The average Bonchev–Trinajstić information content (AvgIpc) is 3.34. The number of benzene rings is 2. The summed E-state index contributed by atoms with van der Waals surface area (Å²) in [6.45, 7) is 4.01. The van der Waals surface area contributed by atoms with Gasteiger partial charge in [0.2, 0.25) is 5.91 Å². The number of ether oxygens (including phenoxy) is 1. The van der Waals surface area contributed by atoms with E-state index in [1.165, 1.54) is 11.1 Å². The van der Waals surface area contributed by atoms with Gasteiger partial charge < -0.3 is 15.0 Å². The van der Waals surface area contributed by atoms with Crippen LogP contribution in [0, 0.1) is 0 Å². The molecular weight excluding hydrogens is 480 g/mol. The zero-order valence-corrected chi connectivity index (χ0v) is 22.2. The van der Waals surface area contributed by atoms with Gasteiger partial charge in [0.25, 0.3) is 5.91 Å². The number of unbranched alkanes of at least 4 members (excludes halogenated alkanes) is 2. The number of aryl methyl sites for hydroxylation is 1. The summed E-state index contributed by atoms with van der Waals surface area (Å²) in [7, 11) is 3.35. The molecule has 8 heteroatoms. The van der Waals surface area contributed by atoms with Gasteiger partial charge in [0, 0.05) is 38.7 Å². The monoisotopic (exact) mass is 522 g/mol. The fourth-order valence-corrected chi connectivity index (χ4v) is 5.07. The highest BCUT2D eigenvalue weighted by Crippen LogP contribution is 2.35. The minimum absolute atomic E-state index is 0. The number of amides is 2. The minimum Gasteiger partial charge on any atom is -0.495 e. The molecule has 0 spiro atoms. The fraction of sp³-hybridized carbons (Fsp3) is 0.500. The topological polar surface area (TPSA) is 82.2 Å². The first-order valence-electron chi connectivity index (χ1n) is 13.2. The van der Waals surface area contributed by atoms with Crippen molar-refractivity contribution in [2.75, 3.05) is 38.7 Å². The van der Waals surface area contributed by atoms with E-state index in [2.05, 4.69) is 24.4 Å². The number of fused-ring (bicyclic) bond motifs is 2. The lowest BCUT2D eigenvalue weighted by molar-refractivity contribution is -0.145. The molecule has 2 aromatic carbocycles. The van der Waals surface area contributed by atoms with E-state index in [4.69, 9.17) is 4.74 Å². The second-order valence-electron chi connectivity index (χ2n) is 9.88. The Labute approximate surface area is 226 Å². The number of hydrogen-bond donors (Lipinski definition) is 1. The van der Waals surface area contributed by atoms with E-state index in [1.54, 1.807) is 30.1 Å². The van der Waals surface area contributed by atoms with Crippen molar-refractivity contribution in [3.05, 3.63) is 58.7 Å². The highest BCUT2D eigenvalue weighted by Gasteiger charge is 2.29. The van der Waals surface area contributed by atoms with Crippen LogP contribution in [-0.2, 0) is 29.1 Å².